The molecule has 0 aromatic heterocycles. The Morgan fingerprint density at radius 1 is 1.12 bits per heavy atom. The Labute approximate surface area is 198 Å². The van der Waals surface area contributed by atoms with Gasteiger partial charge in [-0.1, -0.05) is 31.9 Å². The van der Waals surface area contributed by atoms with Gasteiger partial charge in [0.2, 0.25) is 10.0 Å². The number of nitrogens with one attached hydrogen (secondary N) is 2. The molecule has 0 atom stereocenters. The van der Waals surface area contributed by atoms with Gasteiger partial charge in [-0.15, -0.1) is 0 Å². The van der Waals surface area contributed by atoms with Crippen molar-refractivity contribution < 1.29 is 13.2 Å². The molecular weight excluding hydrogens is 436 g/mol. The molecule has 0 radical (unpaired) electrons. The number of sulfonamides is 1. The molecule has 3 aliphatic rings. The van der Waals surface area contributed by atoms with Crippen LogP contribution in [0.1, 0.15) is 62.1 Å². The van der Waals surface area contributed by atoms with E-state index in [1.165, 1.54) is 12.8 Å². The van der Waals surface area contributed by atoms with Gasteiger partial charge in [-0.05, 0) is 68.6 Å². The van der Waals surface area contributed by atoms with Gasteiger partial charge in [0.15, 0.2) is 0 Å². The summed E-state index contributed by atoms with van der Waals surface area (Å²) in [7, 11) is -1.49. The Kier molecular flexibility index (Phi) is 6.87. The van der Waals surface area contributed by atoms with Gasteiger partial charge in [0.25, 0.3) is 5.91 Å². The number of rotatable bonds is 6. The van der Waals surface area contributed by atoms with Crippen LogP contribution in [0, 0.1) is 25.7 Å². The molecule has 2 heterocycles. The monoisotopic (exact) mass is 474 g/mol. The number of benzene rings is 1. The van der Waals surface area contributed by atoms with Crippen molar-refractivity contribution >= 4 is 27.5 Å². The summed E-state index contributed by atoms with van der Waals surface area (Å²) in [6.45, 7) is 7.06. The lowest BCUT2D eigenvalue weighted by molar-refractivity contribution is -0.125. The zero-order valence-electron chi connectivity index (χ0n) is 20.4. The highest BCUT2D eigenvalue weighted by Crippen LogP contribution is 2.36. The quantitative estimate of drug-likeness (QED) is 0.661. The molecule has 33 heavy (non-hydrogen) atoms. The summed E-state index contributed by atoms with van der Waals surface area (Å²) in [6.07, 6.45) is 5.90. The Morgan fingerprint density at radius 2 is 1.73 bits per heavy atom. The van der Waals surface area contributed by atoms with E-state index < -0.39 is 15.6 Å². The second-order valence-electron chi connectivity index (χ2n) is 10.3. The standard InChI is InChI=1S/C25H38N4O3S/c1-17-5-7-21(8-6-17)23-27-24(30)25(28-23)10-12-29(13-11-25)33(31,32)14-9-20-15-18(2)22(26-4)19(3)16-20/h15-17,21,26H,5-14H2,1-4H3,(H,27,28,30). The number of aryl methyl sites for hydroxylation is 3. The van der Waals surface area contributed by atoms with Crippen LogP contribution in [0.25, 0.3) is 0 Å². The number of aliphatic imine (C=N–C) groups is 1. The van der Waals surface area contributed by atoms with Crippen LogP contribution in [-0.4, -0.2) is 55.9 Å². The summed E-state index contributed by atoms with van der Waals surface area (Å²) in [5.41, 5.74) is 3.60. The average Bonchev–Trinajstić information content (AvgIpc) is 3.08. The van der Waals surface area contributed by atoms with Crippen molar-refractivity contribution in [2.24, 2.45) is 16.8 Å². The van der Waals surface area contributed by atoms with Crippen LogP contribution in [-0.2, 0) is 21.2 Å². The van der Waals surface area contributed by atoms with Crippen LogP contribution < -0.4 is 10.6 Å². The Morgan fingerprint density at radius 3 is 2.30 bits per heavy atom. The van der Waals surface area contributed by atoms with Crippen molar-refractivity contribution in [1.82, 2.24) is 9.62 Å². The lowest BCUT2D eigenvalue weighted by atomic mass is 9.82. The van der Waals surface area contributed by atoms with E-state index in [9.17, 15) is 13.2 Å². The number of amidine groups is 1. The van der Waals surface area contributed by atoms with Crippen molar-refractivity contribution in [3.05, 3.63) is 28.8 Å². The first-order valence-electron chi connectivity index (χ1n) is 12.3. The zero-order valence-corrected chi connectivity index (χ0v) is 21.2. The van der Waals surface area contributed by atoms with Crippen molar-refractivity contribution in [1.29, 1.82) is 0 Å². The Bertz CT molecular complexity index is 1010. The summed E-state index contributed by atoms with van der Waals surface area (Å²) in [5.74, 6) is 1.98. The summed E-state index contributed by atoms with van der Waals surface area (Å²) in [5, 5.41) is 6.26. The minimum atomic E-state index is -3.39. The fourth-order valence-electron chi connectivity index (χ4n) is 5.71. The summed E-state index contributed by atoms with van der Waals surface area (Å²) < 4.78 is 27.7. The molecule has 1 aromatic carbocycles. The second-order valence-corrected chi connectivity index (χ2v) is 12.3. The molecule has 7 nitrogen and oxygen atoms in total. The average molecular weight is 475 g/mol. The molecule has 2 aliphatic heterocycles. The molecule has 1 aromatic rings. The van der Waals surface area contributed by atoms with Crippen LogP contribution in [0.15, 0.2) is 17.1 Å². The molecule has 2 fully saturated rings. The SMILES string of the molecule is CNc1c(C)cc(CCS(=O)(=O)N2CCC3(CC2)N=C(C2CCC(C)CC2)NC3=O)cc1C. The number of piperidine rings is 1. The molecular formula is C25H38N4O3S. The third-order valence-electron chi connectivity index (χ3n) is 7.84. The number of carbonyl (C=O) groups is 1. The van der Waals surface area contributed by atoms with E-state index in [0.717, 1.165) is 47.0 Å². The number of hydrogen-bond acceptors (Lipinski definition) is 5. The number of nitrogens with zero attached hydrogens (tertiary/aromatic N) is 2. The maximum atomic E-state index is 13.1. The van der Waals surface area contributed by atoms with Gasteiger partial charge >= 0.3 is 0 Å². The van der Waals surface area contributed by atoms with E-state index in [2.05, 4.69) is 29.7 Å². The molecule has 1 amide bonds. The minimum absolute atomic E-state index is 0.0382. The van der Waals surface area contributed by atoms with Crippen LogP contribution >= 0.6 is 0 Å². The van der Waals surface area contributed by atoms with Crippen LogP contribution in [0.3, 0.4) is 0 Å². The van der Waals surface area contributed by atoms with Gasteiger partial charge in [0.1, 0.15) is 11.4 Å². The Balaban J connectivity index is 1.37. The molecule has 182 valence electrons. The third kappa shape index (κ3) is 4.97. The maximum absolute atomic E-state index is 13.1. The van der Waals surface area contributed by atoms with Crippen LogP contribution in [0.2, 0.25) is 0 Å². The highest BCUT2D eigenvalue weighted by molar-refractivity contribution is 7.89. The normalized spacial score (nSPS) is 25.7. The van der Waals surface area contributed by atoms with Gasteiger partial charge in [-0.3, -0.25) is 9.79 Å². The van der Waals surface area contributed by atoms with E-state index >= 15 is 0 Å². The maximum Gasteiger partial charge on any atom is 0.253 e. The van der Waals surface area contributed by atoms with Crippen molar-refractivity contribution in [2.75, 3.05) is 31.2 Å². The van der Waals surface area contributed by atoms with E-state index in [4.69, 9.17) is 4.99 Å². The number of hydrogen-bond donors (Lipinski definition) is 2. The molecule has 0 bridgehead atoms. The third-order valence-corrected chi connectivity index (χ3v) is 9.71. The summed E-state index contributed by atoms with van der Waals surface area (Å²) in [4.78, 5) is 17.7. The predicted octanol–water partition coefficient (Wildman–Crippen LogP) is 3.41. The summed E-state index contributed by atoms with van der Waals surface area (Å²) in [6, 6.07) is 4.12. The second kappa shape index (κ2) is 9.37. The lowest BCUT2D eigenvalue weighted by Crippen LogP contribution is -2.51. The van der Waals surface area contributed by atoms with E-state index in [0.29, 0.717) is 38.3 Å². The molecule has 4 rings (SSSR count). The first kappa shape index (κ1) is 24.2. The highest BCUT2D eigenvalue weighted by atomic mass is 32.2. The highest BCUT2D eigenvalue weighted by Gasteiger charge is 2.48. The van der Waals surface area contributed by atoms with E-state index in [-0.39, 0.29) is 11.7 Å². The molecule has 1 saturated heterocycles. The molecule has 8 heteroatoms. The van der Waals surface area contributed by atoms with Crippen molar-refractivity contribution in [3.8, 4) is 0 Å². The van der Waals surface area contributed by atoms with Crippen molar-refractivity contribution in [2.45, 2.75) is 71.3 Å². The fraction of sp³-hybridized carbons (Fsp3) is 0.680. The van der Waals surface area contributed by atoms with Gasteiger partial charge in [-0.2, -0.15) is 0 Å². The lowest BCUT2D eigenvalue weighted by Gasteiger charge is -2.34. The zero-order chi connectivity index (χ0) is 23.8. The first-order valence-corrected chi connectivity index (χ1v) is 13.9. The number of anilines is 1. The molecule has 1 spiro atoms. The summed E-state index contributed by atoms with van der Waals surface area (Å²) >= 11 is 0. The van der Waals surface area contributed by atoms with E-state index in [1.807, 2.05) is 20.9 Å². The molecule has 1 saturated carbocycles. The first-order chi connectivity index (χ1) is 15.6. The molecule has 0 unspecified atom stereocenters. The molecule has 2 N–H and O–H groups in total. The van der Waals surface area contributed by atoms with Gasteiger partial charge in [0.05, 0.1) is 5.75 Å². The molecule has 1 aliphatic carbocycles. The topological polar surface area (TPSA) is 90.9 Å². The van der Waals surface area contributed by atoms with E-state index in [1.54, 1.807) is 4.31 Å². The Hall–Kier alpha value is -1.93. The van der Waals surface area contributed by atoms with Gasteiger partial charge in [0, 0.05) is 31.7 Å². The predicted molar refractivity (Wildman–Crippen MR) is 133 cm³/mol. The number of amides is 1. The minimum Gasteiger partial charge on any atom is -0.388 e. The largest absolute Gasteiger partial charge is 0.388 e. The number of carbonyl (C=O) groups excluding carboxylic acids is 1. The fourth-order valence-corrected chi connectivity index (χ4v) is 7.20. The van der Waals surface area contributed by atoms with Crippen LogP contribution in [0.4, 0.5) is 5.69 Å². The van der Waals surface area contributed by atoms with Gasteiger partial charge < -0.3 is 10.6 Å². The van der Waals surface area contributed by atoms with Crippen molar-refractivity contribution in [3.63, 3.8) is 0 Å². The van der Waals surface area contributed by atoms with Gasteiger partial charge in [-0.25, -0.2) is 12.7 Å². The smallest absolute Gasteiger partial charge is 0.253 e. The van der Waals surface area contributed by atoms with Crippen LogP contribution in [0.5, 0.6) is 0 Å².